The Kier molecular flexibility index (Phi) is 3.88. The number of nitrogens with one attached hydrogen (secondary N) is 1. The van der Waals surface area contributed by atoms with Gasteiger partial charge in [0.15, 0.2) is 5.01 Å². The molecule has 0 spiro atoms. The molecule has 0 bridgehead atoms. The van der Waals surface area contributed by atoms with E-state index in [0.29, 0.717) is 12.5 Å². The molecule has 3 aliphatic heterocycles. The zero-order valence-corrected chi connectivity index (χ0v) is 13.3. The van der Waals surface area contributed by atoms with Crippen LogP contribution in [0, 0.1) is 0 Å². The Morgan fingerprint density at radius 3 is 2.68 bits per heavy atom. The SMILES string of the molecule is C1CCC(c2sc(C3=NCCO3)nc2C2=NCCCN2)=NC1. The molecule has 0 atom stereocenters. The van der Waals surface area contributed by atoms with Gasteiger partial charge in [-0.1, -0.05) is 0 Å². The molecule has 7 heteroatoms. The molecule has 0 saturated heterocycles. The fourth-order valence-corrected chi connectivity index (χ4v) is 3.87. The van der Waals surface area contributed by atoms with E-state index in [1.54, 1.807) is 11.3 Å². The van der Waals surface area contributed by atoms with Crippen LogP contribution < -0.4 is 5.32 Å². The van der Waals surface area contributed by atoms with E-state index in [2.05, 4.69) is 15.3 Å². The summed E-state index contributed by atoms with van der Waals surface area (Å²) >= 11 is 1.64. The van der Waals surface area contributed by atoms with Crippen LogP contribution in [-0.4, -0.2) is 55.2 Å². The lowest BCUT2D eigenvalue weighted by molar-refractivity contribution is 0.348. The van der Waals surface area contributed by atoms with Gasteiger partial charge in [0.05, 0.1) is 17.1 Å². The number of rotatable bonds is 3. The lowest BCUT2D eigenvalue weighted by Crippen LogP contribution is -2.31. The Balaban J connectivity index is 1.76. The van der Waals surface area contributed by atoms with Crippen LogP contribution in [0.3, 0.4) is 0 Å². The van der Waals surface area contributed by atoms with Crippen molar-refractivity contribution in [2.24, 2.45) is 15.0 Å². The van der Waals surface area contributed by atoms with E-state index < -0.39 is 0 Å². The monoisotopic (exact) mass is 317 g/mol. The minimum atomic E-state index is 0.653. The van der Waals surface area contributed by atoms with Gasteiger partial charge in [-0.05, 0) is 25.7 Å². The molecule has 6 nitrogen and oxygen atoms in total. The van der Waals surface area contributed by atoms with Crippen LogP contribution >= 0.6 is 11.3 Å². The number of aromatic nitrogens is 1. The standard InChI is InChI=1S/C15H19N5OS/c1-2-5-16-10(4-1)12-11(13-17-6-3-7-18-13)20-15(22-12)14-19-8-9-21-14/h1-9H2,(H,17,18). The summed E-state index contributed by atoms with van der Waals surface area (Å²) in [5.74, 6) is 1.57. The number of hydrogen-bond acceptors (Lipinski definition) is 7. The normalized spacial score (nSPS) is 21.5. The van der Waals surface area contributed by atoms with Gasteiger partial charge in [-0.3, -0.25) is 9.98 Å². The maximum absolute atomic E-state index is 5.58. The summed E-state index contributed by atoms with van der Waals surface area (Å²) in [6.45, 7) is 4.10. The molecule has 0 radical (unpaired) electrons. The lowest BCUT2D eigenvalue weighted by atomic mass is 10.1. The second-order valence-electron chi connectivity index (χ2n) is 5.53. The first-order valence-electron chi connectivity index (χ1n) is 7.92. The molecule has 22 heavy (non-hydrogen) atoms. The van der Waals surface area contributed by atoms with E-state index in [0.717, 1.165) is 60.4 Å². The largest absolute Gasteiger partial charge is 0.474 e. The van der Waals surface area contributed by atoms with Crippen molar-refractivity contribution < 1.29 is 4.74 Å². The maximum Gasteiger partial charge on any atom is 0.246 e. The Bertz CT molecular complexity index is 617. The Morgan fingerprint density at radius 2 is 1.95 bits per heavy atom. The van der Waals surface area contributed by atoms with Crippen LogP contribution in [0.2, 0.25) is 0 Å². The fourth-order valence-electron chi connectivity index (χ4n) is 2.81. The zero-order valence-electron chi connectivity index (χ0n) is 12.5. The van der Waals surface area contributed by atoms with Crippen molar-refractivity contribution in [2.45, 2.75) is 25.7 Å². The number of nitrogens with zero attached hydrogens (tertiary/aromatic N) is 4. The van der Waals surface area contributed by atoms with Crippen molar-refractivity contribution in [3.05, 3.63) is 15.6 Å². The summed E-state index contributed by atoms with van der Waals surface area (Å²) < 4.78 is 5.58. The highest BCUT2D eigenvalue weighted by Gasteiger charge is 2.25. The molecule has 4 rings (SSSR count). The molecule has 0 aliphatic carbocycles. The minimum absolute atomic E-state index is 0.653. The Morgan fingerprint density at radius 1 is 1.00 bits per heavy atom. The van der Waals surface area contributed by atoms with Crippen LogP contribution in [0.15, 0.2) is 15.0 Å². The molecule has 4 heterocycles. The molecular weight excluding hydrogens is 298 g/mol. The Hall–Kier alpha value is -1.76. The first-order valence-corrected chi connectivity index (χ1v) is 8.74. The van der Waals surface area contributed by atoms with Gasteiger partial charge >= 0.3 is 0 Å². The van der Waals surface area contributed by atoms with Gasteiger partial charge in [0.1, 0.15) is 18.1 Å². The second-order valence-corrected chi connectivity index (χ2v) is 6.53. The first kappa shape index (κ1) is 13.9. The zero-order chi connectivity index (χ0) is 14.8. The molecule has 1 aromatic heterocycles. The summed E-state index contributed by atoms with van der Waals surface area (Å²) in [5.41, 5.74) is 2.09. The maximum atomic E-state index is 5.58. The Labute approximate surface area is 133 Å². The van der Waals surface area contributed by atoms with Gasteiger partial charge in [-0.25, -0.2) is 9.98 Å². The van der Waals surface area contributed by atoms with Crippen molar-refractivity contribution in [2.75, 3.05) is 32.8 Å². The van der Waals surface area contributed by atoms with E-state index >= 15 is 0 Å². The first-order chi connectivity index (χ1) is 10.9. The number of aliphatic imine (C=N–C) groups is 3. The van der Waals surface area contributed by atoms with Gasteiger partial charge in [-0.2, -0.15) is 0 Å². The predicted molar refractivity (Wildman–Crippen MR) is 88.7 cm³/mol. The molecular formula is C15H19N5OS. The van der Waals surface area contributed by atoms with Crippen LogP contribution in [0.25, 0.3) is 0 Å². The highest BCUT2D eigenvalue weighted by Crippen LogP contribution is 2.26. The molecule has 0 saturated carbocycles. The smallest absolute Gasteiger partial charge is 0.246 e. The van der Waals surface area contributed by atoms with E-state index in [9.17, 15) is 0 Å². The van der Waals surface area contributed by atoms with Crippen molar-refractivity contribution in [3.63, 3.8) is 0 Å². The number of thiazole rings is 1. The molecule has 0 fully saturated rings. The van der Waals surface area contributed by atoms with Crippen LogP contribution in [-0.2, 0) is 4.74 Å². The molecule has 3 aliphatic rings. The molecule has 1 aromatic rings. The summed E-state index contributed by atoms with van der Waals surface area (Å²) in [6, 6.07) is 0. The van der Waals surface area contributed by atoms with E-state index in [1.165, 1.54) is 18.6 Å². The average molecular weight is 317 g/mol. The van der Waals surface area contributed by atoms with E-state index in [-0.39, 0.29) is 0 Å². The van der Waals surface area contributed by atoms with Gasteiger partial charge < -0.3 is 10.1 Å². The number of ether oxygens (including phenoxy) is 1. The van der Waals surface area contributed by atoms with Gasteiger partial charge in [0, 0.05) is 19.6 Å². The van der Waals surface area contributed by atoms with Crippen LogP contribution in [0.5, 0.6) is 0 Å². The van der Waals surface area contributed by atoms with Crippen LogP contribution in [0.4, 0.5) is 0 Å². The number of hydrogen-bond donors (Lipinski definition) is 1. The minimum Gasteiger partial charge on any atom is -0.474 e. The quantitative estimate of drug-likeness (QED) is 0.921. The molecule has 1 N–H and O–H groups in total. The summed E-state index contributed by atoms with van der Waals surface area (Å²) in [4.78, 5) is 19.6. The predicted octanol–water partition coefficient (Wildman–Crippen LogP) is 1.63. The molecule has 116 valence electrons. The van der Waals surface area contributed by atoms with Gasteiger partial charge in [-0.15, -0.1) is 11.3 Å². The summed E-state index contributed by atoms with van der Waals surface area (Å²) in [5, 5.41) is 4.23. The number of amidine groups is 1. The van der Waals surface area contributed by atoms with Crippen molar-refractivity contribution >= 4 is 28.8 Å². The van der Waals surface area contributed by atoms with Crippen molar-refractivity contribution in [3.8, 4) is 0 Å². The van der Waals surface area contributed by atoms with Crippen molar-refractivity contribution in [1.29, 1.82) is 0 Å². The second kappa shape index (κ2) is 6.16. The highest BCUT2D eigenvalue weighted by molar-refractivity contribution is 7.16. The third kappa shape index (κ3) is 2.65. The highest BCUT2D eigenvalue weighted by atomic mass is 32.1. The lowest BCUT2D eigenvalue weighted by Gasteiger charge is -2.15. The van der Waals surface area contributed by atoms with Gasteiger partial charge in [0.25, 0.3) is 0 Å². The summed E-state index contributed by atoms with van der Waals surface area (Å²) in [6.07, 6.45) is 4.48. The van der Waals surface area contributed by atoms with E-state index in [4.69, 9.17) is 14.7 Å². The topological polar surface area (TPSA) is 71.2 Å². The third-order valence-corrected chi connectivity index (χ3v) is 5.00. The molecule has 0 aromatic carbocycles. The third-order valence-electron chi connectivity index (χ3n) is 3.90. The molecule has 0 amide bonds. The van der Waals surface area contributed by atoms with Crippen LogP contribution in [0.1, 0.15) is 41.3 Å². The van der Waals surface area contributed by atoms with E-state index in [1.807, 2.05) is 0 Å². The van der Waals surface area contributed by atoms with Gasteiger partial charge in [0.2, 0.25) is 5.90 Å². The fraction of sp³-hybridized carbons (Fsp3) is 0.600. The van der Waals surface area contributed by atoms with Crippen molar-refractivity contribution in [1.82, 2.24) is 10.3 Å². The molecule has 0 unspecified atom stereocenters. The average Bonchev–Trinajstić information content (AvgIpc) is 3.26. The summed E-state index contributed by atoms with van der Waals surface area (Å²) in [7, 11) is 0.